The van der Waals surface area contributed by atoms with Crippen LogP contribution in [0.1, 0.15) is 16.8 Å². The molecule has 6 heteroatoms. The highest BCUT2D eigenvalue weighted by atomic mass is 16.5. The Morgan fingerprint density at radius 2 is 1.90 bits per heavy atom. The molecule has 1 unspecified atom stereocenters. The highest BCUT2D eigenvalue weighted by molar-refractivity contribution is 6.06. The number of H-pyrrole nitrogens is 1. The number of ether oxygens (including phenoxy) is 1. The molecule has 29 heavy (non-hydrogen) atoms. The van der Waals surface area contributed by atoms with Crippen molar-refractivity contribution >= 4 is 27.7 Å². The summed E-state index contributed by atoms with van der Waals surface area (Å²) in [6.07, 6.45) is 0.599. The van der Waals surface area contributed by atoms with Gasteiger partial charge in [-0.15, -0.1) is 0 Å². The molecule has 6 nitrogen and oxygen atoms in total. The maximum absolute atomic E-state index is 13.1. The molecule has 144 valence electrons. The Hall–Kier alpha value is -3.67. The van der Waals surface area contributed by atoms with Crippen LogP contribution in [0.2, 0.25) is 0 Å². The summed E-state index contributed by atoms with van der Waals surface area (Å²) in [5, 5.41) is 1.81. The standard InChI is InChI=1S/C23H19N3O3/c27-21-13-18(17-6-2-4-8-20(17)24-21)23(28)26-12-11-16(14-26)29-22-10-9-15-5-1-3-7-19(15)25-22/h1-10,13,16H,11-12,14H2,(H,24,27). The monoisotopic (exact) mass is 385 g/mol. The summed E-state index contributed by atoms with van der Waals surface area (Å²) >= 11 is 0. The number of likely N-dealkylation sites (tertiary alicyclic amines) is 1. The van der Waals surface area contributed by atoms with E-state index in [1.807, 2.05) is 54.6 Å². The molecule has 3 heterocycles. The third-order valence-electron chi connectivity index (χ3n) is 5.27. The summed E-state index contributed by atoms with van der Waals surface area (Å²) in [6, 6.07) is 20.4. The van der Waals surface area contributed by atoms with E-state index in [-0.39, 0.29) is 17.6 Å². The van der Waals surface area contributed by atoms with Gasteiger partial charge in [0.15, 0.2) is 0 Å². The van der Waals surface area contributed by atoms with Crippen LogP contribution < -0.4 is 10.3 Å². The van der Waals surface area contributed by atoms with Crippen molar-refractivity contribution in [1.82, 2.24) is 14.9 Å². The molecule has 5 rings (SSSR count). The van der Waals surface area contributed by atoms with E-state index in [0.29, 0.717) is 30.0 Å². The molecule has 0 spiro atoms. The summed E-state index contributed by atoms with van der Waals surface area (Å²) < 4.78 is 6.04. The molecule has 2 aromatic carbocycles. The molecule has 4 aromatic rings. The number of nitrogens with one attached hydrogen (secondary N) is 1. The van der Waals surface area contributed by atoms with Crippen LogP contribution in [0.3, 0.4) is 0 Å². The van der Waals surface area contributed by atoms with Crippen molar-refractivity contribution in [2.24, 2.45) is 0 Å². The van der Waals surface area contributed by atoms with Crippen molar-refractivity contribution in [1.29, 1.82) is 0 Å². The first-order valence-corrected chi connectivity index (χ1v) is 9.61. The van der Waals surface area contributed by atoms with Gasteiger partial charge in [-0.3, -0.25) is 9.59 Å². The number of aromatic amines is 1. The Bertz CT molecular complexity index is 1280. The summed E-state index contributed by atoms with van der Waals surface area (Å²) in [5.74, 6) is 0.412. The maximum Gasteiger partial charge on any atom is 0.254 e. The molecule has 1 aliphatic heterocycles. The predicted octanol–water partition coefficient (Wildman–Crippen LogP) is 3.37. The van der Waals surface area contributed by atoms with Crippen LogP contribution in [0.25, 0.3) is 21.8 Å². The van der Waals surface area contributed by atoms with E-state index in [0.717, 1.165) is 22.7 Å². The number of carbonyl (C=O) groups is 1. The molecular formula is C23H19N3O3. The number of nitrogens with zero attached hydrogens (tertiary/aromatic N) is 2. The second-order valence-electron chi connectivity index (χ2n) is 7.21. The van der Waals surface area contributed by atoms with Crippen molar-refractivity contribution in [3.05, 3.63) is 82.6 Å². The molecule has 2 aromatic heterocycles. The minimum Gasteiger partial charge on any atom is -0.472 e. The molecule has 0 radical (unpaired) electrons. The molecule has 0 aliphatic carbocycles. The van der Waals surface area contributed by atoms with E-state index in [1.54, 1.807) is 11.0 Å². The first-order valence-electron chi connectivity index (χ1n) is 9.61. The van der Waals surface area contributed by atoms with E-state index in [9.17, 15) is 9.59 Å². The molecule has 1 fully saturated rings. The van der Waals surface area contributed by atoms with Crippen LogP contribution in [0.4, 0.5) is 0 Å². The topological polar surface area (TPSA) is 75.3 Å². The number of aromatic nitrogens is 2. The Kier molecular flexibility index (Phi) is 4.24. The van der Waals surface area contributed by atoms with E-state index in [2.05, 4.69) is 9.97 Å². The van der Waals surface area contributed by atoms with Gasteiger partial charge in [0.25, 0.3) is 5.91 Å². The van der Waals surface area contributed by atoms with E-state index in [4.69, 9.17) is 4.74 Å². The second-order valence-corrected chi connectivity index (χ2v) is 7.21. The number of rotatable bonds is 3. The van der Waals surface area contributed by atoms with Gasteiger partial charge in [-0.1, -0.05) is 36.4 Å². The van der Waals surface area contributed by atoms with Gasteiger partial charge in [-0.05, 0) is 18.2 Å². The van der Waals surface area contributed by atoms with Crippen LogP contribution in [0, 0.1) is 0 Å². The SMILES string of the molecule is O=C(c1cc(=O)[nH]c2ccccc12)N1CCC(Oc2ccc3ccccc3n2)C1. The highest BCUT2D eigenvalue weighted by Gasteiger charge is 2.29. The van der Waals surface area contributed by atoms with Crippen LogP contribution in [0.15, 0.2) is 71.5 Å². The summed E-state index contributed by atoms with van der Waals surface area (Å²) in [6.45, 7) is 1.05. The third kappa shape index (κ3) is 3.33. The van der Waals surface area contributed by atoms with Gasteiger partial charge >= 0.3 is 0 Å². The van der Waals surface area contributed by atoms with Gasteiger partial charge in [0.1, 0.15) is 6.10 Å². The van der Waals surface area contributed by atoms with Crippen molar-refractivity contribution in [2.45, 2.75) is 12.5 Å². The van der Waals surface area contributed by atoms with Crippen molar-refractivity contribution in [3.63, 3.8) is 0 Å². The first-order chi connectivity index (χ1) is 14.2. The number of hydrogen-bond acceptors (Lipinski definition) is 4. The number of amides is 1. The van der Waals surface area contributed by atoms with Crippen LogP contribution in [0.5, 0.6) is 5.88 Å². The summed E-state index contributed by atoms with van der Waals surface area (Å²) in [4.78, 5) is 34.1. The number of pyridine rings is 2. The number of hydrogen-bond donors (Lipinski definition) is 1. The number of fused-ring (bicyclic) bond motifs is 2. The van der Waals surface area contributed by atoms with Crippen LogP contribution >= 0.6 is 0 Å². The maximum atomic E-state index is 13.1. The fraction of sp³-hybridized carbons (Fsp3) is 0.174. The quantitative estimate of drug-likeness (QED) is 0.587. The summed E-state index contributed by atoms with van der Waals surface area (Å²) in [7, 11) is 0. The molecule has 0 bridgehead atoms. The van der Waals surface area contributed by atoms with Crippen molar-refractivity contribution < 1.29 is 9.53 Å². The molecule has 1 atom stereocenters. The lowest BCUT2D eigenvalue weighted by Crippen LogP contribution is -2.32. The number of benzene rings is 2. The average Bonchev–Trinajstić information content (AvgIpc) is 3.21. The minimum absolute atomic E-state index is 0.124. The van der Waals surface area contributed by atoms with Gasteiger partial charge in [0, 0.05) is 41.4 Å². The fourth-order valence-corrected chi connectivity index (χ4v) is 3.84. The minimum atomic E-state index is -0.278. The zero-order valence-electron chi connectivity index (χ0n) is 15.7. The molecular weight excluding hydrogens is 366 g/mol. The highest BCUT2D eigenvalue weighted by Crippen LogP contribution is 2.23. The van der Waals surface area contributed by atoms with Crippen LogP contribution in [-0.2, 0) is 0 Å². The predicted molar refractivity (Wildman–Crippen MR) is 111 cm³/mol. The van der Waals surface area contributed by atoms with Crippen LogP contribution in [-0.4, -0.2) is 40.0 Å². The Morgan fingerprint density at radius 3 is 2.83 bits per heavy atom. The number of para-hydroxylation sites is 2. The van der Waals surface area contributed by atoms with Gasteiger partial charge in [-0.2, -0.15) is 0 Å². The van der Waals surface area contributed by atoms with Crippen molar-refractivity contribution in [2.75, 3.05) is 13.1 Å². The largest absolute Gasteiger partial charge is 0.472 e. The first kappa shape index (κ1) is 17.4. The Labute approximate surface area is 166 Å². The zero-order chi connectivity index (χ0) is 19.8. The number of carbonyl (C=O) groups excluding carboxylic acids is 1. The summed E-state index contributed by atoms with van der Waals surface area (Å²) in [5.41, 5.74) is 1.69. The molecule has 0 saturated carbocycles. The molecule has 1 saturated heterocycles. The normalized spacial score (nSPS) is 16.4. The Morgan fingerprint density at radius 1 is 1.07 bits per heavy atom. The van der Waals surface area contributed by atoms with Gasteiger partial charge in [0.2, 0.25) is 11.4 Å². The second kappa shape index (κ2) is 7.05. The average molecular weight is 385 g/mol. The smallest absolute Gasteiger partial charge is 0.254 e. The van der Waals surface area contributed by atoms with Gasteiger partial charge < -0.3 is 14.6 Å². The van der Waals surface area contributed by atoms with E-state index >= 15 is 0 Å². The van der Waals surface area contributed by atoms with E-state index < -0.39 is 0 Å². The molecule has 1 aliphatic rings. The van der Waals surface area contributed by atoms with Gasteiger partial charge in [-0.25, -0.2) is 4.98 Å². The fourth-order valence-electron chi connectivity index (χ4n) is 3.84. The van der Waals surface area contributed by atoms with E-state index in [1.165, 1.54) is 6.07 Å². The molecule has 1 N–H and O–H groups in total. The lowest BCUT2D eigenvalue weighted by molar-refractivity contribution is 0.0773. The Balaban J connectivity index is 1.35. The van der Waals surface area contributed by atoms with Gasteiger partial charge in [0.05, 0.1) is 17.6 Å². The zero-order valence-corrected chi connectivity index (χ0v) is 15.7. The molecule has 1 amide bonds. The van der Waals surface area contributed by atoms with Crippen molar-refractivity contribution in [3.8, 4) is 5.88 Å². The lowest BCUT2D eigenvalue weighted by Gasteiger charge is -2.18. The third-order valence-corrected chi connectivity index (χ3v) is 5.27. The lowest BCUT2D eigenvalue weighted by atomic mass is 10.1.